The SMILES string of the molecule is Bc1ccc(C2CCC(CCC3CCC(B)CC3)CC2)cc1. The summed E-state index contributed by atoms with van der Waals surface area (Å²) >= 11 is 0. The van der Waals surface area contributed by atoms with Crippen LogP contribution >= 0.6 is 0 Å². The van der Waals surface area contributed by atoms with Crippen LogP contribution in [-0.2, 0) is 0 Å². The van der Waals surface area contributed by atoms with Gasteiger partial charge < -0.3 is 0 Å². The second kappa shape index (κ2) is 7.75. The Labute approximate surface area is 139 Å². The van der Waals surface area contributed by atoms with Crippen molar-refractivity contribution in [2.75, 3.05) is 0 Å². The van der Waals surface area contributed by atoms with E-state index in [4.69, 9.17) is 0 Å². The summed E-state index contributed by atoms with van der Waals surface area (Å²) in [6.07, 6.45) is 14.8. The third-order valence-electron chi connectivity index (χ3n) is 6.51. The molecule has 0 saturated heterocycles. The molecule has 2 aliphatic rings. The van der Waals surface area contributed by atoms with E-state index in [1.165, 1.54) is 69.7 Å². The van der Waals surface area contributed by atoms with Gasteiger partial charge in [-0.2, -0.15) is 0 Å². The van der Waals surface area contributed by atoms with Crippen molar-refractivity contribution in [2.45, 2.75) is 75.9 Å². The largest absolute Gasteiger partial charge is 0.139 e. The van der Waals surface area contributed by atoms with Gasteiger partial charge in [0.05, 0.1) is 0 Å². The Kier molecular flexibility index (Phi) is 5.71. The van der Waals surface area contributed by atoms with E-state index in [0.717, 1.165) is 23.6 Å². The Morgan fingerprint density at radius 1 is 0.727 bits per heavy atom. The van der Waals surface area contributed by atoms with Crippen LogP contribution in [-0.4, -0.2) is 15.7 Å². The first-order valence-corrected chi connectivity index (χ1v) is 9.77. The molecular formula is C20H32B2. The maximum absolute atomic E-state index is 2.43. The zero-order chi connectivity index (χ0) is 15.4. The van der Waals surface area contributed by atoms with Crippen LogP contribution in [0.5, 0.6) is 0 Å². The summed E-state index contributed by atoms with van der Waals surface area (Å²) in [5, 5.41) is 0. The molecule has 0 aliphatic heterocycles. The molecule has 2 heteroatoms. The van der Waals surface area contributed by atoms with E-state index in [2.05, 4.69) is 40.0 Å². The molecule has 0 unspecified atom stereocenters. The summed E-state index contributed by atoms with van der Waals surface area (Å²) in [4.78, 5) is 0. The maximum Gasteiger partial charge on any atom is 0.139 e. The quantitative estimate of drug-likeness (QED) is 0.744. The molecule has 22 heavy (non-hydrogen) atoms. The molecule has 0 nitrogen and oxygen atoms in total. The van der Waals surface area contributed by atoms with Gasteiger partial charge in [0.25, 0.3) is 0 Å². The molecule has 0 aromatic heterocycles. The van der Waals surface area contributed by atoms with Gasteiger partial charge in [-0.05, 0) is 49.0 Å². The van der Waals surface area contributed by atoms with Gasteiger partial charge in [-0.25, -0.2) is 0 Å². The smallest absolute Gasteiger partial charge is 0.0889 e. The molecule has 2 aliphatic carbocycles. The van der Waals surface area contributed by atoms with Crippen LogP contribution in [0.2, 0.25) is 5.82 Å². The summed E-state index contributed by atoms with van der Waals surface area (Å²) in [5.41, 5.74) is 2.98. The topological polar surface area (TPSA) is 0 Å². The van der Waals surface area contributed by atoms with Crippen molar-refractivity contribution in [3.8, 4) is 0 Å². The average Bonchev–Trinajstić information content (AvgIpc) is 2.56. The van der Waals surface area contributed by atoms with Crippen molar-refractivity contribution >= 4 is 21.2 Å². The summed E-state index contributed by atoms with van der Waals surface area (Å²) < 4.78 is 0. The van der Waals surface area contributed by atoms with Gasteiger partial charge in [-0.1, -0.05) is 74.1 Å². The lowest BCUT2D eigenvalue weighted by Gasteiger charge is -2.31. The minimum absolute atomic E-state index is 0.840. The first-order valence-electron chi connectivity index (χ1n) is 9.77. The molecule has 2 fully saturated rings. The minimum Gasteiger partial charge on any atom is -0.0889 e. The van der Waals surface area contributed by atoms with Gasteiger partial charge in [0, 0.05) is 0 Å². The predicted octanol–water partition coefficient (Wildman–Crippen LogP) is 3.61. The van der Waals surface area contributed by atoms with Gasteiger partial charge in [0.15, 0.2) is 0 Å². The monoisotopic (exact) mass is 294 g/mol. The molecule has 1 aromatic carbocycles. The molecule has 0 spiro atoms. The molecule has 0 radical (unpaired) electrons. The summed E-state index contributed by atoms with van der Waals surface area (Å²) in [7, 11) is 4.62. The third-order valence-corrected chi connectivity index (χ3v) is 6.51. The van der Waals surface area contributed by atoms with E-state index < -0.39 is 0 Å². The standard InChI is InChI=1S/C20H32B2/c21-19-11-5-16(6-12-19)2-1-15-3-7-17(8-4-15)18-9-13-20(22)14-10-18/h9-10,13-17,19H,1-8,11-12,21-22H2. The number of hydrogen-bond donors (Lipinski definition) is 0. The fourth-order valence-corrected chi connectivity index (χ4v) is 4.71. The van der Waals surface area contributed by atoms with Crippen LogP contribution in [0.3, 0.4) is 0 Å². The number of rotatable bonds is 4. The zero-order valence-corrected chi connectivity index (χ0v) is 14.7. The maximum atomic E-state index is 2.43. The van der Waals surface area contributed by atoms with Gasteiger partial charge in [0.1, 0.15) is 15.7 Å². The normalized spacial score (nSPS) is 32.7. The molecule has 118 valence electrons. The Morgan fingerprint density at radius 2 is 1.23 bits per heavy atom. The zero-order valence-electron chi connectivity index (χ0n) is 14.7. The Hall–Kier alpha value is -0.650. The highest BCUT2D eigenvalue weighted by Gasteiger charge is 2.24. The molecule has 0 N–H and O–H groups in total. The number of benzene rings is 1. The van der Waals surface area contributed by atoms with Crippen molar-refractivity contribution in [3.63, 3.8) is 0 Å². The van der Waals surface area contributed by atoms with Gasteiger partial charge in [-0.3, -0.25) is 0 Å². The van der Waals surface area contributed by atoms with Gasteiger partial charge in [-0.15, -0.1) is 0 Å². The Balaban J connectivity index is 1.39. The molecule has 0 atom stereocenters. The van der Waals surface area contributed by atoms with Crippen molar-refractivity contribution in [1.82, 2.24) is 0 Å². The summed E-state index contributed by atoms with van der Waals surface area (Å²) in [6.45, 7) is 0. The minimum atomic E-state index is 0.840. The van der Waals surface area contributed by atoms with E-state index in [0.29, 0.717) is 0 Å². The van der Waals surface area contributed by atoms with E-state index in [9.17, 15) is 0 Å². The van der Waals surface area contributed by atoms with Crippen LogP contribution < -0.4 is 5.46 Å². The third kappa shape index (κ3) is 4.43. The Morgan fingerprint density at radius 3 is 1.77 bits per heavy atom. The fraction of sp³-hybridized carbons (Fsp3) is 0.700. The van der Waals surface area contributed by atoms with Crippen molar-refractivity contribution < 1.29 is 0 Å². The lowest BCUT2D eigenvalue weighted by molar-refractivity contribution is 0.261. The van der Waals surface area contributed by atoms with Crippen LogP contribution in [0, 0.1) is 11.8 Å². The first kappa shape index (κ1) is 16.2. The highest BCUT2D eigenvalue weighted by molar-refractivity contribution is 6.32. The van der Waals surface area contributed by atoms with Crippen LogP contribution in [0.15, 0.2) is 24.3 Å². The van der Waals surface area contributed by atoms with Gasteiger partial charge in [0.2, 0.25) is 0 Å². The van der Waals surface area contributed by atoms with Crippen molar-refractivity contribution in [2.24, 2.45) is 11.8 Å². The van der Waals surface area contributed by atoms with E-state index in [1.54, 1.807) is 5.56 Å². The van der Waals surface area contributed by atoms with Crippen LogP contribution in [0.4, 0.5) is 0 Å². The second-order valence-corrected chi connectivity index (χ2v) is 8.33. The molecule has 0 heterocycles. The first-order chi connectivity index (χ1) is 10.7. The van der Waals surface area contributed by atoms with E-state index >= 15 is 0 Å². The van der Waals surface area contributed by atoms with Crippen LogP contribution in [0.25, 0.3) is 0 Å². The molecule has 0 bridgehead atoms. The lowest BCUT2D eigenvalue weighted by atomic mass is 9.70. The highest BCUT2D eigenvalue weighted by Crippen LogP contribution is 2.39. The molecular weight excluding hydrogens is 262 g/mol. The lowest BCUT2D eigenvalue weighted by Crippen LogP contribution is -2.16. The highest BCUT2D eigenvalue weighted by atomic mass is 14.3. The predicted molar refractivity (Wildman–Crippen MR) is 103 cm³/mol. The number of hydrogen-bond acceptors (Lipinski definition) is 0. The van der Waals surface area contributed by atoms with E-state index in [1.807, 2.05) is 0 Å². The second-order valence-electron chi connectivity index (χ2n) is 8.33. The van der Waals surface area contributed by atoms with Crippen molar-refractivity contribution in [3.05, 3.63) is 29.8 Å². The van der Waals surface area contributed by atoms with Crippen molar-refractivity contribution in [1.29, 1.82) is 0 Å². The molecule has 1 aromatic rings. The Bertz CT molecular complexity index is 437. The summed E-state index contributed by atoms with van der Waals surface area (Å²) in [6, 6.07) is 9.30. The fourth-order valence-electron chi connectivity index (χ4n) is 4.71. The molecule has 3 rings (SSSR count). The van der Waals surface area contributed by atoms with Gasteiger partial charge >= 0.3 is 0 Å². The molecule has 0 amide bonds. The average molecular weight is 294 g/mol. The summed E-state index contributed by atoms with van der Waals surface area (Å²) in [5.74, 6) is 3.93. The van der Waals surface area contributed by atoms with E-state index in [-0.39, 0.29) is 0 Å². The molecule has 2 saturated carbocycles. The van der Waals surface area contributed by atoms with Crippen LogP contribution in [0.1, 0.15) is 75.7 Å².